The second-order valence-corrected chi connectivity index (χ2v) is 9.09. The summed E-state index contributed by atoms with van der Waals surface area (Å²) in [4.78, 5) is 14.1. The molecule has 2 saturated heterocycles. The Balaban J connectivity index is 1.64. The van der Waals surface area contributed by atoms with Crippen LogP contribution in [0.5, 0.6) is 0 Å². The zero-order chi connectivity index (χ0) is 16.4. The highest BCUT2D eigenvalue weighted by atomic mass is 32.2. The number of sulfonamides is 1. The predicted octanol–water partition coefficient (Wildman–Crippen LogP) is 1.49. The highest BCUT2D eigenvalue weighted by molar-refractivity contribution is 7.89. The molecular formula is C15H23N3O3S2. The molecule has 8 heteroatoms. The molecule has 0 unspecified atom stereocenters. The van der Waals surface area contributed by atoms with E-state index in [0.29, 0.717) is 19.1 Å². The lowest BCUT2D eigenvalue weighted by atomic mass is 10.0. The summed E-state index contributed by atoms with van der Waals surface area (Å²) in [7, 11) is -3.51. The molecule has 2 aliphatic heterocycles. The minimum Gasteiger partial charge on any atom is -0.365 e. The van der Waals surface area contributed by atoms with Crippen molar-refractivity contribution in [2.45, 2.75) is 43.0 Å². The molecule has 6 nitrogen and oxygen atoms in total. The lowest BCUT2D eigenvalue weighted by Gasteiger charge is -2.39. The zero-order valence-electron chi connectivity index (χ0n) is 13.1. The number of nitrogens with two attached hydrogens (primary N) is 1. The van der Waals surface area contributed by atoms with Crippen molar-refractivity contribution in [3.8, 4) is 0 Å². The van der Waals surface area contributed by atoms with Crippen molar-refractivity contribution in [3.05, 3.63) is 16.3 Å². The van der Waals surface area contributed by atoms with E-state index >= 15 is 0 Å². The van der Waals surface area contributed by atoms with Gasteiger partial charge in [0.15, 0.2) is 0 Å². The van der Waals surface area contributed by atoms with Crippen LogP contribution in [0.15, 0.2) is 16.3 Å². The van der Waals surface area contributed by atoms with Crippen molar-refractivity contribution in [2.24, 2.45) is 5.73 Å². The van der Waals surface area contributed by atoms with Gasteiger partial charge in [0, 0.05) is 24.5 Å². The van der Waals surface area contributed by atoms with Gasteiger partial charge in [0.25, 0.3) is 5.91 Å². The minimum atomic E-state index is -3.51. The van der Waals surface area contributed by atoms with Crippen LogP contribution in [0.25, 0.3) is 0 Å². The first-order valence-corrected chi connectivity index (χ1v) is 10.4. The summed E-state index contributed by atoms with van der Waals surface area (Å²) in [6, 6.07) is 1.89. The summed E-state index contributed by atoms with van der Waals surface area (Å²) in [5, 5.41) is 1.51. The lowest BCUT2D eigenvalue weighted by Crippen LogP contribution is -2.48. The summed E-state index contributed by atoms with van der Waals surface area (Å²) in [6.45, 7) is 3.38. The van der Waals surface area contributed by atoms with Crippen molar-refractivity contribution >= 4 is 27.3 Å². The fourth-order valence-electron chi connectivity index (χ4n) is 3.46. The van der Waals surface area contributed by atoms with Gasteiger partial charge >= 0.3 is 0 Å². The third kappa shape index (κ3) is 3.60. The van der Waals surface area contributed by atoms with E-state index in [0.717, 1.165) is 37.3 Å². The number of primary amides is 1. The molecule has 0 aromatic carbocycles. The van der Waals surface area contributed by atoms with Crippen LogP contribution < -0.4 is 5.73 Å². The van der Waals surface area contributed by atoms with E-state index in [2.05, 4.69) is 4.90 Å². The van der Waals surface area contributed by atoms with E-state index in [1.54, 1.807) is 4.31 Å². The number of hydrogen-bond acceptors (Lipinski definition) is 5. The maximum Gasteiger partial charge on any atom is 0.258 e. The van der Waals surface area contributed by atoms with E-state index < -0.39 is 15.9 Å². The van der Waals surface area contributed by atoms with Gasteiger partial charge in [0.2, 0.25) is 10.0 Å². The molecule has 3 rings (SSSR count). The van der Waals surface area contributed by atoms with Crippen molar-refractivity contribution in [3.63, 3.8) is 0 Å². The van der Waals surface area contributed by atoms with E-state index in [-0.39, 0.29) is 9.77 Å². The van der Waals surface area contributed by atoms with Crippen LogP contribution in [0.4, 0.5) is 0 Å². The first kappa shape index (κ1) is 16.9. The molecule has 1 aromatic rings. The molecule has 0 saturated carbocycles. The highest BCUT2D eigenvalue weighted by Gasteiger charge is 2.32. The topological polar surface area (TPSA) is 83.7 Å². The van der Waals surface area contributed by atoms with Crippen LogP contribution in [0.1, 0.15) is 41.8 Å². The number of amides is 1. The fourth-order valence-corrected chi connectivity index (χ4v) is 6.05. The van der Waals surface area contributed by atoms with Gasteiger partial charge in [-0.25, -0.2) is 8.42 Å². The molecule has 2 N–H and O–H groups in total. The van der Waals surface area contributed by atoms with Crippen LogP contribution in [0, 0.1) is 0 Å². The van der Waals surface area contributed by atoms with Crippen molar-refractivity contribution in [1.29, 1.82) is 0 Å². The largest absolute Gasteiger partial charge is 0.365 e. The van der Waals surface area contributed by atoms with Crippen LogP contribution in [0.2, 0.25) is 0 Å². The first-order chi connectivity index (χ1) is 11.0. The molecule has 3 heterocycles. The van der Waals surface area contributed by atoms with Gasteiger partial charge in [-0.1, -0.05) is 6.42 Å². The predicted molar refractivity (Wildman–Crippen MR) is 90.0 cm³/mol. The molecule has 0 atom stereocenters. The second kappa shape index (κ2) is 6.88. The Morgan fingerprint density at radius 3 is 2.35 bits per heavy atom. The lowest BCUT2D eigenvalue weighted by molar-refractivity contribution is 0.100. The Morgan fingerprint density at radius 2 is 1.78 bits per heavy atom. The van der Waals surface area contributed by atoms with Crippen LogP contribution in [-0.2, 0) is 10.0 Å². The Labute approximate surface area is 141 Å². The molecule has 1 aromatic heterocycles. The molecule has 23 heavy (non-hydrogen) atoms. The fraction of sp³-hybridized carbons (Fsp3) is 0.667. The van der Waals surface area contributed by atoms with Gasteiger partial charge in [0.05, 0.1) is 9.77 Å². The van der Waals surface area contributed by atoms with Crippen molar-refractivity contribution < 1.29 is 13.2 Å². The monoisotopic (exact) mass is 357 g/mol. The summed E-state index contributed by atoms with van der Waals surface area (Å²) in [6.07, 6.45) is 5.58. The number of carbonyl (C=O) groups excluding carboxylic acids is 1. The smallest absolute Gasteiger partial charge is 0.258 e. The van der Waals surface area contributed by atoms with Gasteiger partial charge in [-0.15, -0.1) is 11.3 Å². The Bertz CT molecular complexity index is 657. The van der Waals surface area contributed by atoms with Gasteiger partial charge in [0.1, 0.15) is 0 Å². The Morgan fingerprint density at radius 1 is 1.13 bits per heavy atom. The third-order valence-electron chi connectivity index (χ3n) is 4.79. The van der Waals surface area contributed by atoms with E-state index in [4.69, 9.17) is 5.73 Å². The summed E-state index contributed by atoms with van der Waals surface area (Å²) < 4.78 is 26.9. The van der Waals surface area contributed by atoms with Crippen LogP contribution in [0.3, 0.4) is 0 Å². The number of thiophene rings is 1. The SMILES string of the molecule is NC(=O)c1cc(S(=O)(=O)N2CCC(N3CCCCC3)CC2)cs1. The van der Waals surface area contributed by atoms with Gasteiger partial charge < -0.3 is 10.6 Å². The maximum atomic E-state index is 12.7. The molecule has 0 bridgehead atoms. The zero-order valence-corrected chi connectivity index (χ0v) is 14.7. The summed E-state index contributed by atoms with van der Waals surface area (Å²) in [5.74, 6) is -0.583. The number of carbonyl (C=O) groups is 1. The van der Waals surface area contributed by atoms with Gasteiger partial charge in [-0.3, -0.25) is 4.79 Å². The quantitative estimate of drug-likeness (QED) is 0.885. The van der Waals surface area contributed by atoms with Crippen molar-refractivity contribution in [2.75, 3.05) is 26.2 Å². The Kier molecular flexibility index (Phi) is 5.05. The Hall–Kier alpha value is -0.960. The minimum absolute atomic E-state index is 0.188. The van der Waals surface area contributed by atoms with E-state index in [1.165, 1.54) is 30.7 Å². The van der Waals surface area contributed by atoms with Gasteiger partial charge in [-0.05, 0) is 44.8 Å². The number of piperidine rings is 2. The normalized spacial score (nSPS) is 22.3. The number of likely N-dealkylation sites (tertiary alicyclic amines) is 1. The standard InChI is InChI=1S/C15H23N3O3S2/c16-15(19)14-10-13(11-22-14)23(20,21)18-8-4-12(5-9-18)17-6-2-1-3-7-17/h10-12H,1-9H2,(H2,16,19). The number of hydrogen-bond donors (Lipinski definition) is 1. The van der Waals surface area contributed by atoms with E-state index in [9.17, 15) is 13.2 Å². The van der Waals surface area contributed by atoms with E-state index in [1.807, 2.05) is 0 Å². The molecular weight excluding hydrogens is 334 g/mol. The van der Waals surface area contributed by atoms with Crippen LogP contribution >= 0.6 is 11.3 Å². The highest BCUT2D eigenvalue weighted by Crippen LogP contribution is 2.27. The molecule has 1 amide bonds. The third-order valence-corrected chi connectivity index (χ3v) is 7.76. The summed E-state index contributed by atoms with van der Waals surface area (Å²) in [5.41, 5.74) is 5.21. The molecule has 2 aliphatic rings. The van der Waals surface area contributed by atoms with Crippen LogP contribution in [-0.4, -0.2) is 55.8 Å². The second-order valence-electron chi connectivity index (χ2n) is 6.24. The molecule has 0 radical (unpaired) electrons. The molecule has 128 valence electrons. The first-order valence-electron chi connectivity index (χ1n) is 8.11. The summed E-state index contributed by atoms with van der Waals surface area (Å²) >= 11 is 1.08. The molecule has 0 spiro atoms. The molecule has 0 aliphatic carbocycles. The molecule has 2 fully saturated rings. The average molecular weight is 358 g/mol. The average Bonchev–Trinajstić information content (AvgIpc) is 3.07. The van der Waals surface area contributed by atoms with Crippen molar-refractivity contribution in [1.82, 2.24) is 9.21 Å². The van der Waals surface area contributed by atoms with Gasteiger partial charge in [-0.2, -0.15) is 4.31 Å². The number of rotatable bonds is 4. The maximum absolute atomic E-state index is 12.7. The number of nitrogens with zero attached hydrogens (tertiary/aromatic N) is 2.